The van der Waals surface area contributed by atoms with Gasteiger partial charge >= 0.3 is 0 Å². The molecule has 1 fully saturated rings. The molecule has 0 aliphatic carbocycles. The topological polar surface area (TPSA) is 52.2 Å². The number of likely N-dealkylation sites (N-methyl/N-ethyl adjacent to an activating group) is 1. The quantitative estimate of drug-likeness (QED) is 0.911. The van der Waals surface area contributed by atoms with Gasteiger partial charge < -0.3 is 9.80 Å². The Labute approximate surface area is 146 Å². The first-order valence-corrected chi connectivity index (χ1v) is 8.79. The van der Waals surface area contributed by atoms with Gasteiger partial charge in [-0.3, -0.25) is 9.89 Å². The number of likely N-dealkylation sites (tertiary alicyclic amines) is 1. The normalized spacial score (nSPS) is 21.1. The van der Waals surface area contributed by atoms with Crippen LogP contribution >= 0.6 is 11.6 Å². The minimum Gasteiger partial charge on any atom is -0.337 e. The third-order valence-electron chi connectivity index (χ3n) is 5.15. The highest BCUT2D eigenvalue weighted by Gasteiger charge is 2.32. The Hall–Kier alpha value is -1.85. The van der Waals surface area contributed by atoms with Crippen LogP contribution in [-0.2, 0) is 13.0 Å². The number of carbonyl (C=O) groups excluding carboxylic acids is 1. The summed E-state index contributed by atoms with van der Waals surface area (Å²) in [5, 5.41) is 8.17. The van der Waals surface area contributed by atoms with E-state index in [1.807, 2.05) is 23.1 Å². The maximum absolute atomic E-state index is 12.9. The average molecular weight is 345 g/mol. The Morgan fingerprint density at radius 3 is 3.00 bits per heavy atom. The van der Waals surface area contributed by atoms with Crippen molar-refractivity contribution < 1.29 is 4.79 Å². The zero-order chi connectivity index (χ0) is 16.7. The molecule has 1 unspecified atom stereocenters. The number of halogens is 1. The summed E-state index contributed by atoms with van der Waals surface area (Å²) in [4.78, 5) is 17.1. The zero-order valence-corrected chi connectivity index (χ0v) is 14.5. The summed E-state index contributed by atoms with van der Waals surface area (Å²) in [7, 11) is 2.08. The van der Waals surface area contributed by atoms with Crippen molar-refractivity contribution in [2.24, 2.45) is 0 Å². The maximum atomic E-state index is 12.9. The molecule has 0 bridgehead atoms. The van der Waals surface area contributed by atoms with Crippen LogP contribution in [0.2, 0.25) is 5.02 Å². The molecule has 1 aromatic carbocycles. The molecule has 2 aromatic rings. The number of hydrogen-bond acceptors (Lipinski definition) is 3. The number of nitrogens with zero attached hydrogens (tertiary/aromatic N) is 3. The number of fused-ring (bicyclic) bond motifs is 1. The fraction of sp³-hybridized carbons (Fsp3) is 0.444. The first kappa shape index (κ1) is 15.7. The maximum Gasteiger partial charge on any atom is 0.274 e. The second-order valence-electron chi connectivity index (χ2n) is 6.78. The first-order valence-electron chi connectivity index (χ1n) is 8.42. The monoisotopic (exact) mass is 344 g/mol. The molecule has 24 heavy (non-hydrogen) atoms. The van der Waals surface area contributed by atoms with Gasteiger partial charge in [0.15, 0.2) is 5.69 Å². The molecule has 2 aliphatic rings. The lowest BCUT2D eigenvalue weighted by Gasteiger charge is -2.23. The predicted octanol–water partition coefficient (Wildman–Crippen LogP) is 2.68. The van der Waals surface area contributed by atoms with Gasteiger partial charge in [0.05, 0.1) is 0 Å². The van der Waals surface area contributed by atoms with E-state index >= 15 is 0 Å². The van der Waals surface area contributed by atoms with E-state index in [0.717, 1.165) is 54.3 Å². The first-order chi connectivity index (χ1) is 11.6. The lowest BCUT2D eigenvalue weighted by Crippen LogP contribution is -2.32. The molecule has 0 saturated carbocycles. The van der Waals surface area contributed by atoms with Crippen molar-refractivity contribution in [1.82, 2.24) is 20.0 Å². The average Bonchev–Trinajstić information content (AvgIpc) is 3.21. The van der Waals surface area contributed by atoms with E-state index < -0.39 is 0 Å². The van der Waals surface area contributed by atoms with Crippen molar-refractivity contribution >= 4 is 17.5 Å². The second kappa shape index (κ2) is 6.22. The summed E-state index contributed by atoms with van der Waals surface area (Å²) >= 11 is 6.32. The summed E-state index contributed by atoms with van der Waals surface area (Å²) in [6, 6.07) is 7.93. The molecule has 1 aromatic heterocycles. The van der Waals surface area contributed by atoms with E-state index in [0.29, 0.717) is 18.2 Å². The van der Waals surface area contributed by atoms with Crippen LogP contribution in [-0.4, -0.2) is 52.6 Å². The number of hydrogen-bond donors (Lipinski definition) is 1. The van der Waals surface area contributed by atoms with E-state index in [1.54, 1.807) is 0 Å². The molecular formula is C18H21ClN4O. The van der Waals surface area contributed by atoms with Crippen molar-refractivity contribution in [2.45, 2.75) is 25.3 Å². The number of rotatable bonds is 2. The minimum atomic E-state index is 0.0392. The van der Waals surface area contributed by atoms with Crippen LogP contribution in [0.25, 0.3) is 0 Å². The third kappa shape index (κ3) is 2.72. The van der Waals surface area contributed by atoms with Crippen molar-refractivity contribution in [3.8, 4) is 0 Å². The van der Waals surface area contributed by atoms with Crippen molar-refractivity contribution in [3.05, 3.63) is 51.8 Å². The van der Waals surface area contributed by atoms with E-state index in [4.69, 9.17) is 11.6 Å². The molecule has 0 radical (unpaired) electrons. The predicted molar refractivity (Wildman–Crippen MR) is 93.3 cm³/mol. The number of benzene rings is 1. The lowest BCUT2D eigenvalue weighted by atomic mass is 9.98. The lowest BCUT2D eigenvalue weighted by molar-refractivity contribution is 0.0782. The summed E-state index contributed by atoms with van der Waals surface area (Å²) in [5.41, 5.74) is 3.91. The Bertz CT molecular complexity index is 772. The van der Waals surface area contributed by atoms with Crippen LogP contribution in [0.3, 0.4) is 0 Å². The molecule has 2 aliphatic heterocycles. The van der Waals surface area contributed by atoms with Gasteiger partial charge in [0, 0.05) is 54.8 Å². The molecule has 6 heteroatoms. The van der Waals surface area contributed by atoms with Gasteiger partial charge in [0.25, 0.3) is 5.91 Å². The van der Waals surface area contributed by atoms with Crippen molar-refractivity contribution in [1.29, 1.82) is 0 Å². The molecular weight excluding hydrogens is 324 g/mol. The van der Waals surface area contributed by atoms with Gasteiger partial charge in [0.2, 0.25) is 0 Å². The molecule has 3 heterocycles. The summed E-state index contributed by atoms with van der Waals surface area (Å²) in [6.07, 6.45) is 1.87. The Kier molecular flexibility index (Phi) is 4.06. The SMILES string of the molecule is CN1CCc2[nH]nc(C(=O)N3CCC(c4ccccc4Cl)C3)c2C1. The molecule has 1 N–H and O–H groups in total. The number of amides is 1. The van der Waals surface area contributed by atoms with Gasteiger partial charge in [-0.15, -0.1) is 0 Å². The molecule has 0 spiro atoms. The molecule has 1 atom stereocenters. The highest BCUT2D eigenvalue weighted by molar-refractivity contribution is 6.31. The highest BCUT2D eigenvalue weighted by Crippen LogP contribution is 2.33. The molecule has 1 amide bonds. The van der Waals surface area contributed by atoms with Gasteiger partial charge in [0.1, 0.15) is 0 Å². The van der Waals surface area contributed by atoms with E-state index in [-0.39, 0.29) is 5.91 Å². The van der Waals surface area contributed by atoms with E-state index in [1.165, 1.54) is 0 Å². The van der Waals surface area contributed by atoms with Crippen LogP contribution in [0.5, 0.6) is 0 Å². The van der Waals surface area contributed by atoms with Crippen LogP contribution in [0.15, 0.2) is 24.3 Å². The second-order valence-corrected chi connectivity index (χ2v) is 7.18. The van der Waals surface area contributed by atoms with Gasteiger partial charge in [-0.2, -0.15) is 5.10 Å². The van der Waals surface area contributed by atoms with Crippen LogP contribution < -0.4 is 0 Å². The Morgan fingerprint density at radius 2 is 2.17 bits per heavy atom. The van der Waals surface area contributed by atoms with Crippen molar-refractivity contribution in [3.63, 3.8) is 0 Å². The van der Waals surface area contributed by atoms with Gasteiger partial charge in [-0.05, 0) is 25.1 Å². The fourth-order valence-corrected chi connectivity index (χ4v) is 4.05. The number of nitrogens with one attached hydrogen (secondary N) is 1. The smallest absolute Gasteiger partial charge is 0.274 e. The van der Waals surface area contributed by atoms with Crippen LogP contribution in [0, 0.1) is 0 Å². The van der Waals surface area contributed by atoms with E-state index in [2.05, 4.69) is 28.2 Å². The summed E-state index contributed by atoms with van der Waals surface area (Å²) in [5.74, 6) is 0.345. The zero-order valence-electron chi connectivity index (χ0n) is 13.8. The van der Waals surface area contributed by atoms with Gasteiger partial charge in [-0.1, -0.05) is 29.8 Å². The third-order valence-corrected chi connectivity index (χ3v) is 5.49. The largest absolute Gasteiger partial charge is 0.337 e. The van der Waals surface area contributed by atoms with Crippen LogP contribution in [0.4, 0.5) is 0 Å². The van der Waals surface area contributed by atoms with Crippen LogP contribution in [0.1, 0.15) is 39.6 Å². The number of aromatic amines is 1. The standard InChI is InChI=1S/C18H21ClN4O/c1-22-8-7-16-14(11-22)17(21-20-16)18(24)23-9-6-12(10-23)13-4-2-3-5-15(13)19/h2-5,12H,6-11H2,1H3,(H,20,21). The Morgan fingerprint density at radius 1 is 1.33 bits per heavy atom. The number of H-pyrrole nitrogens is 1. The number of carbonyl (C=O) groups is 1. The molecule has 4 rings (SSSR count). The number of aromatic nitrogens is 2. The minimum absolute atomic E-state index is 0.0392. The molecule has 5 nitrogen and oxygen atoms in total. The Balaban J connectivity index is 1.53. The highest BCUT2D eigenvalue weighted by atomic mass is 35.5. The van der Waals surface area contributed by atoms with Gasteiger partial charge in [-0.25, -0.2) is 0 Å². The fourth-order valence-electron chi connectivity index (χ4n) is 3.76. The molecule has 126 valence electrons. The molecule has 1 saturated heterocycles. The summed E-state index contributed by atoms with van der Waals surface area (Å²) < 4.78 is 0. The van der Waals surface area contributed by atoms with Crippen molar-refractivity contribution in [2.75, 3.05) is 26.7 Å². The van der Waals surface area contributed by atoms with E-state index in [9.17, 15) is 4.79 Å². The summed E-state index contributed by atoms with van der Waals surface area (Å²) in [6.45, 7) is 3.25.